The summed E-state index contributed by atoms with van der Waals surface area (Å²) >= 11 is 0. The first-order valence-corrected chi connectivity index (χ1v) is 9.88. The number of methoxy groups -OCH3 is 2. The van der Waals surface area contributed by atoms with Crippen LogP contribution in [0.2, 0.25) is 0 Å². The molecule has 0 aliphatic heterocycles. The molecule has 0 unspecified atom stereocenters. The number of esters is 1. The summed E-state index contributed by atoms with van der Waals surface area (Å²) in [4.78, 5) is 16.7. The first kappa shape index (κ1) is 17.4. The van der Waals surface area contributed by atoms with Gasteiger partial charge in [0.2, 0.25) is 0 Å². The van der Waals surface area contributed by atoms with Gasteiger partial charge in [-0.2, -0.15) is 0 Å². The molecule has 1 N–H and O–H groups in total. The van der Waals surface area contributed by atoms with Crippen molar-refractivity contribution in [2.75, 3.05) is 14.2 Å². The van der Waals surface area contributed by atoms with Crippen molar-refractivity contribution in [3.63, 3.8) is 0 Å². The molecule has 26 heavy (non-hydrogen) atoms. The fourth-order valence-corrected chi connectivity index (χ4v) is 5.59. The smallest absolute Gasteiger partial charge is 0.317 e. The van der Waals surface area contributed by atoms with Crippen molar-refractivity contribution < 1.29 is 14.3 Å². The molecule has 140 valence electrons. The number of hydrogen-bond acceptors (Lipinski definition) is 3. The van der Waals surface area contributed by atoms with Crippen LogP contribution in [0.4, 0.5) is 0 Å². The number of hydrogen-bond donors (Lipinski definition) is 1. The second kappa shape index (κ2) is 6.64. The van der Waals surface area contributed by atoms with E-state index in [4.69, 9.17) is 9.47 Å². The molecule has 1 saturated carbocycles. The molecule has 3 atom stereocenters. The summed E-state index contributed by atoms with van der Waals surface area (Å²) in [5.74, 6) is 2.00. The molecular weight excluding hydrogens is 326 g/mol. The molecule has 2 bridgehead atoms. The molecule has 1 aromatic heterocycles. The van der Waals surface area contributed by atoms with Gasteiger partial charge in [0.1, 0.15) is 11.2 Å². The third-order valence-electron chi connectivity index (χ3n) is 6.61. The molecule has 4 rings (SSSR count). The second-order valence-electron chi connectivity index (χ2n) is 8.17. The third-order valence-corrected chi connectivity index (χ3v) is 6.61. The highest BCUT2D eigenvalue weighted by Gasteiger charge is 2.51. The van der Waals surface area contributed by atoms with Gasteiger partial charge < -0.3 is 14.5 Å². The normalized spacial score (nSPS) is 27.7. The van der Waals surface area contributed by atoms with Gasteiger partial charge in [-0.25, -0.2) is 0 Å². The van der Waals surface area contributed by atoms with Gasteiger partial charge in [0, 0.05) is 16.6 Å². The number of carbonyl (C=O) groups excluding carboxylic acids is 1. The Labute approximate surface area is 155 Å². The van der Waals surface area contributed by atoms with Crippen molar-refractivity contribution in [3.05, 3.63) is 29.5 Å². The Balaban J connectivity index is 1.90. The van der Waals surface area contributed by atoms with Crippen molar-refractivity contribution in [3.8, 4) is 5.75 Å². The number of aromatic nitrogens is 1. The Morgan fingerprint density at radius 2 is 2.15 bits per heavy atom. The molecule has 1 fully saturated rings. The average molecular weight is 355 g/mol. The summed E-state index contributed by atoms with van der Waals surface area (Å²) in [5, 5.41) is 1.20. The number of fused-ring (bicyclic) bond motifs is 6. The van der Waals surface area contributed by atoms with E-state index in [2.05, 4.69) is 24.0 Å². The zero-order valence-corrected chi connectivity index (χ0v) is 16.1. The number of aromatic amines is 1. The van der Waals surface area contributed by atoms with E-state index < -0.39 is 5.41 Å². The van der Waals surface area contributed by atoms with Crippen molar-refractivity contribution in [2.45, 2.75) is 57.3 Å². The summed E-state index contributed by atoms with van der Waals surface area (Å²) in [6.45, 7) is 2.24. The van der Waals surface area contributed by atoms with Gasteiger partial charge >= 0.3 is 5.97 Å². The van der Waals surface area contributed by atoms with Gasteiger partial charge in [0.25, 0.3) is 0 Å². The van der Waals surface area contributed by atoms with Crippen LogP contribution in [-0.2, 0) is 21.4 Å². The predicted octanol–water partition coefficient (Wildman–Crippen LogP) is 4.75. The topological polar surface area (TPSA) is 51.3 Å². The predicted molar refractivity (Wildman–Crippen MR) is 103 cm³/mol. The maximum atomic E-state index is 13.1. The van der Waals surface area contributed by atoms with E-state index in [1.807, 2.05) is 6.07 Å². The first-order chi connectivity index (χ1) is 12.6. The highest BCUT2D eigenvalue weighted by Crippen LogP contribution is 2.52. The van der Waals surface area contributed by atoms with Crippen LogP contribution in [0, 0.1) is 11.8 Å². The molecule has 2 aliphatic carbocycles. The first-order valence-electron chi connectivity index (χ1n) is 9.88. The number of aryl methyl sites for hydroxylation is 1. The van der Waals surface area contributed by atoms with Crippen molar-refractivity contribution in [1.82, 2.24) is 4.98 Å². The quantitative estimate of drug-likeness (QED) is 0.805. The lowest BCUT2D eigenvalue weighted by Gasteiger charge is -2.41. The molecule has 4 heteroatoms. The van der Waals surface area contributed by atoms with Gasteiger partial charge in [0.05, 0.1) is 14.2 Å². The molecule has 4 nitrogen and oxygen atoms in total. The lowest BCUT2D eigenvalue weighted by molar-refractivity contribution is -0.151. The van der Waals surface area contributed by atoms with Crippen LogP contribution in [-0.4, -0.2) is 25.2 Å². The van der Waals surface area contributed by atoms with Crippen LogP contribution in [0.15, 0.2) is 18.2 Å². The van der Waals surface area contributed by atoms with E-state index >= 15 is 0 Å². The zero-order valence-electron chi connectivity index (χ0n) is 16.1. The largest absolute Gasteiger partial charge is 0.497 e. The monoisotopic (exact) mass is 355 g/mol. The molecule has 1 heterocycles. The fourth-order valence-electron chi connectivity index (χ4n) is 5.59. The molecule has 0 spiro atoms. The summed E-state index contributed by atoms with van der Waals surface area (Å²) in [7, 11) is 3.23. The third kappa shape index (κ3) is 2.62. The zero-order chi connectivity index (χ0) is 18.3. The maximum absolute atomic E-state index is 13.1. The molecule has 0 amide bonds. The fraction of sp³-hybridized carbons (Fsp3) is 0.591. The molecule has 0 saturated heterocycles. The standard InChI is InChI=1S/C22H29NO3/c1-4-5-14-10-15-6-8-17-18-11-16(25-2)7-9-19(18)23-20(17)22(12-14,13-15)21(24)26-3/h7,9,11,14-15,23H,4-6,8,10,12-13H2,1-3H3/t14-,15-,22-/m0/s1. The molecule has 1 aromatic carbocycles. The van der Waals surface area contributed by atoms with Gasteiger partial charge in [0.15, 0.2) is 0 Å². The van der Waals surface area contributed by atoms with E-state index in [0.29, 0.717) is 11.8 Å². The second-order valence-corrected chi connectivity index (χ2v) is 8.17. The van der Waals surface area contributed by atoms with Crippen molar-refractivity contribution in [2.24, 2.45) is 11.8 Å². The Bertz CT molecular complexity index is 824. The van der Waals surface area contributed by atoms with E-state index in [9.17, 15) is 4.79 Å². The lowest BCUT2D eigenvalue weighted by Crippen LogP contribution is -2.44. The van der Waals surface area contributed by atoms with Crippen LogP contribution < -0.4 is 4.74 Å². The number of ether oxygens (including phenoxy) is 2. The van der Waals surface area contributed by atoms with Gasteiger partial charge in [-0.15, -0.1) is 0 Å². The Morgan fingerprint density at radius 1 is 1.31 bits per heavy atom. The average Bonchev–Trinajstić information content (AvgIpc) is 2.98. The van der Waals surface area contributed by atoms with Crippen LogP contribution in [0.5, 0.6) is 5.75 Å². The molecule has 0 radical (unpaired) electrons. The SMILES string of the molecule is CCC[C@H]1C[C@@H]2CCc3c([nH]c4ccc(OC)cc34)[C@](C(=O)OC)(C1)C2. The Hall–Kier alpha value is -1.97. The summed E-state index contributed by atoms with van der Waals surface area (Å²) in [6.07, 6.45) is 7.60. The van der Waals surface area contributed by atoms with E-state index in [-0.39, 0.29) is 5.97 Å². The minimum absolute atomic E-state index is 0.0648. The highest BCUT2D eigenvalue weighted by atomic mass is 16.5. The maximum Gasteiger partial charge on any atom is 0.317 e. The van der Waals surface area contributed by atoms with Crippen LogP contribution in [0.25, 0.3) is 10.9 Å². The van der Waals surface area contributed by atoms with Crippen LogP contribution in [0.1, 0.15) is 56.7 Å². The van der Waals surface area contributed by atoms with Crippen molar-refractivity contribution in [1.29, 1.82) is 0 Å². The minimum atomic E-state index is -0.518. The molecular formula is C22H29NO3. The lowest BCUT2D eigenvalue weighted by atomic mass is 9.63. The van der Waals surface area contributed by atoms with E-state index in [0.717, 1.165) is 42.6 Å². The number of H-pyrrole nitrogens is 1. The van der Waals surface area contributed by atoms with Crippen LogP contribution >= 0.6 is 0 Å². The Morgan fingerprint density at radius 3 is 2.88 bits per heavy atom. The number of benzene rings is 1. The Kier molecular flexibility index (Phi) is 4.45. The molecule has 2 aromatic rings. The minimum Gasteiger partial charge on any atom is -0.497 e. The summed E-state index contributed by atoms with van der Waals surface area (Å²) < 4.78 is 10.8. The van der Waals surface area contributed by atoms with Gasteiger partial charge in [-0.1, -0.05) is 19.8 Å². The van der Waals surface area contributed by atoms with Gasteiger partial charge in [-0.05, 0) is 67.7 Å². The summed E-state index contributed by atoms with van der Waals surface area (Å²) in [6, 6.07) is 6.15. The molecule has 2 aliphatic rings. The van der Waals surface area contributed by atoms with E-state index in [1.54, 1.807) is 7.11 Å². The summed E-state index contributed by atoms with van der Waals surface area (Å²) in [5.41, 5.74) is 2.98. The van der Waals surface area contributed by atoms with E-state index in [1.165, 1.54) is 37.3 Å². The van der Waals surface area contributed by atoms with Crippen molar-refractivity contribution >= 4 is 16.9 Å². The number of rotatable bonds is 4. The number of nitrogens with one attached hydrogen (secondary N) is 1. The number of carbonyl (C=O) groups is 1. The van der Waals surface area contributed by atoms with Crippen LogP contribution in [0.3, 0.4) is 0 Å². The highest BCUT2D eigenvalue weighted by molar-refractivity contribution is 5.91. The van der Waals surface area contributed by atoms with Gasteiger partial charge in [-0.3, -0.25) is 4.79 Å².